The molecular formula is C20H25N3O2. The second-order valence-corrected chi connectivity index (χ2v) is 6.90. The van der Waals surface area contributed by atoms with E-state index in [0.29, 0.717) is 18.4 Å². The van der Waals surface area contributed by atoms with Crippen LogP contribution in [0.15, 0.2) is 36.7 Å². The molecule has 1 fully saturated rings. The van der Waals surface area contributed by atoms with Crippen LogP contribution in [-0.4, -0.2) is 22.0 Å². The van der Waals surface area contributed by atoms with Crippen molar-refractivity contribution in [2.45, 2.75) is 52.2 Å². The lowest BCUT2D eigenvalue weighted by molar-refractivity contribution is 0.00468. The molecule has 132 valence electrons. The predicted octanol–water partition coefficient (Wildman–Crippen LogP) is 4.13. The maximum atomic E-state index is 12.2. The van der Waals surface area contributed by atoms with Crippen LogP contribution in [0.5, 0.6) is 0 Å². The summed E-state index contributed by atoms with van der Waals surface area (Å²) in [6, 6.07) is 7.77. The number of aromatic nitrogens is 2. The molecule has 2 aromatic rings. The van der Waals surface area contributed by atoms with Gasteiger partial charge in [0.25, 0.3) is 5.91 Å². The molecule has 1 aromatic heterocycles. The number of carbonyl (C=O) groups is 1. The SMILES string of the molecule is Cc1cnc(C(=O)Nc2cccc(CO[C@H]3CCC[C@@H](C)C3)c2)cn1. The summed E-state index contributed by atoms with van der Waals surface area (Å²) < 4.78 is 6.06. The van der Waals surface area contributed by atoms with Gasteiger partial charge in [0.15, 0.2) is 0 Å². The minimum Gasteiger partial charge on any atom is -0.374 e. The van der Waals surface area contributed by atoms with Gasteiger partial charge in [0.1, 0.15) is 5.69 Å². The Balaban J connectivity index is 1.57. The van der Waals surface area contributed by atoms with Gasteiger partial charge in [-0.25, -0.2) is 4.98 Å². The third kappa shape index (κ3) is 5.10. The van der Waals surface area contributed by atoms with Crippen molar-refractivity contribution >= 4 is 11.6 Å². The van der Waals surface area contributed by atoms with E-state index in [1.54, 1.807) is 6.20 Å². The Morgan fingerprint density at radius 3 is 2.92 bits per heavy atom. The van der Waals surface area contributed by atoms with E-state index < -0.39 is 0 Å². The number of ether oxygens (including phenoxy) is 1. The molecule has 5 heteroatoms. The zero-order valence-electron chi connectivity index (χ0n) is 14.9. The lowest BCUT2D eigenvalue weighted by Crippen LogP contribution is -2.21. The van der Waals surface area contributed by atoms with Gasteiger partial charge >= 0.3 is 0 Å². The molecule has 0 bridgehead atoms. The van der Waals surface area contributed by atoms with Gasteiger partial charge in [-0.05, 0) is 43.4 Å². The first-order valence-corrected chi connectivity index (χ1v) is 8.90. The number of amides is 1. The van der Waals surface area contributed by atoms with Gasteiger partial charge in [-0.3, -0.25) is 9.78 Å². The molecular weight excluding hydrogens is 314 g/mol. The van der Waals surface area contributed by atoms with Crippen molar-refractivity contribution in [1.82, 2.24) is 9.97 Å². The van der Waals surface area contributed by atoms with Crippen LogP contribution in [0.3, 0.4) is 0 Å². The van der Waals surface area contributed by atoms with E-state index >= 15 is 0 Å². The highest BCUT2D eigenvalue weighted by atomic mass is 16.5. The quantitative estimate of drug-likeness (QED) is 0.889. The van der Waals surface area contributed by atoms with Crippen molar-refractivity contribution in [2.24, 2.45) is 5.92 Å². The van der Waals surface area contributed by atoms with Crippen molar-refractivity contribution < 1.29 is 9.53 Å². The molecule has 0 radical (unpaired) electrons. The van der Waals surface area contributed by atoms with Gasteiger partial charge in [0, 0.05) is 11.9 Å². The van der Waals surface area contributed by atoms with E-state index in [1.165, 1.54) is 19.0 Å². The van der Waals surface area contributed by atoms with Gasteiger partial charge in [-0.1, -0.05) is 31.9 Å². The predicted molar refractivity (Wildman–Crippen MR) is 97.4 cm³/mol. The molecule has 3 rings (SSSR count). The van der Waals surface area contributed by atoms with Crippen LogP contribution in [0.1, 0.15) is 54.4 Å². The summed E-state index contributed by atoms with van der Waals surface area (Å²) >= 11 is 0. The van der Waals surface area contributed by atoms with Crippen LogP contribution in [0.25, 0.3) is 0 Å². The monoisotopic (exact) mass is 339 g/mol. The molecule has 2 atom stereocenters. The smallest absolute Gasteiger partial charge is 0.275 e. The third-order valence-electron chi connectivity index (χ3n) is 4.57. The summed E-state index contributed by atoms with van der Waals surface area (Å²) in [4.78, 5) is 20.4. The van der Waals surface area contributed by atoms with Crippen LogP contribution >= 0.6 is 0 Å². The molecule has 0 spiro atoms. The summed E-state index contributed by atoms with van der Waals surface area (Å²) in [5.41, 5.74) is 2.90. The standard InChI is InChI=1S/C20H25N3O2/c1-14-5-3-8-18(9-14)25-13-16-6-4-7-17(10-16)23-20(24)19-12-21-15(2)11-22-19/h4,6-7,10-12,14,18H,3,5,8-9,13H2,1-2H3,(H,23,24)/t14-,18+/m1/s1. The van der Waals surface area contributed by atoms with Gasteiger partial charge in [-0.2, -0.15) is 0 Å². The Bertz CT molecular complexity index is 715. The normalized spacial score (nSPS) is 20.2. The first kappa shape index (κ1) is 17.5. The van der Waals surface area contributed by atoms with E-state index in [9.17, 15) is 4.79 Å². The second-order valence-electron chi connectivity index (χ2n) is 6.90. The number of rotatable bonds is 5. The summed E-state index contributed by atoms with van der Waals surface area (Å²) in [5, 5.41) is 2.87. The molecule has 5 nitrogen and oxygen atoms in total. The Kier molecular flexibility index (Phi) is 5.76. The van der Waals surface area contributed by atoms with Gasteiger partial charge < -0.3 is 10.1 Å². The molecule has 1 N–H and O–H groups in total. The third-order valence-corrected chi connectivity index (χ3v) is 4.57. The van der Waals surface area contributed by atoms with Gasteiger partial charge in [0.2, 0.25) is 0 Å². The zero-order chi connectivity index (χ0) is 17.6. The number of hydrogen-bond acceptors (Lipinski definition) is 4. The molecule has 1 amide bonds. The maximum absolute atomic E-state index is 12.2. The lowest BCUT2D eigenvalue weighted by Gasteiger charge is -2.26. The van der Waals surface area contributed by atoms with Crippen LogP contribution in [-0.2, 0) is 11.3 Å². The topological polar surface area (TPSA) is 64.1 Å². The Labute approximate surface area is 148 Å². The van der Waals surface area contributed by atoms with E-state index in [0.717, 1.165) is 35.7 Å². The molecule has 25 heavy (non-hydrogen) atoms. The summed E-state index contributed by atoms with van der Waals surface area (Å²) in [6.07, 6.45) is 8.27. The van der Waals surface area contributed by atoms with E-state index in [2.05, 4.69) is 22.2 Å². The van der Waals surface area contributed by atoms with Crippen LogP contribution in [0, 0.1) is 12.8 Å². The Morgan fingerprint density at radius 2 is 2.16 bits per heavy atom. The minimum absolute atomic E-state index is 0.258. The number of carbonyl (C=O) groups excluding carboxylic acids is 1. The summed E-state index contributed by atoms with van der Waals surface area (Å²) in [5.74, 6) is 0.492. The van der Waals surface area contributed by atoms with Crippen molar-refractivity contribution in [1.29, 1.82) is 0 Å². The van der Waals surface area contributed by atoms with Crippen LogP contribution in [0.2, 0.25) is 0 Å². The van der Waals surface area contributed by atoms with Gasteiger partial charge in [0.05, 0.1) is 24.6 Å². The molecule has 1 aromatic carbocycles. The van der Waals surface area contributed by atoms with Crippen molar-refractivity contribution in [3.63, 3.8) is 0 Å². The van der Waals surface area contributed by atoms with Crippen molar-refractivity contribution in [3.05, 3.63) is 53.6 Å². The van der Waals surface area contributed by atoms with E-state index in [1.807, 2.05) is 31.2 Å². The van der Waals surface area contributed by atoms with E-state index in [-0.39, 0.29) is 5.91 Å². The van der Waals surface area contributed by atoms with Crippen LogP contribution < -0.4 is 5.32 Å². The highest BCUT2D eigenvalue weighted by Crippen LogP contribution is 2.26. The molecule has 0 saturated heterocycles. The fourth-order valence-electron chi connectivity index (χ4n) is 3.19. The molecule has 1 heterocycles. The molecule has 1 saturated carbocycles. The molecule has 0 aliphatic heterocycles. The van der Waals surface area contributed by atoms with Crippen molar-refractivity contribution in [2.75, 3.05) is 5.32 Å². The maximum Gasteiger partial charge on any atom is 0.275 e. The number of nitrogens with one attached hydrogen (secondary N) is 1. The lowest BCUT2D eigenvalue weighted by atomic mass is 9.89. The molecule has 1 aliphatic carbocycles. The minimum atomic E-state index is -0.258. The fraction of sp³-hybridized carbons (Fsp3) is 0.450. The van der Waals surface area contributed by atoms with Crippen LogP contribution in [0.4, 0.5) is 5.69 Å². The van der Waals surface area contributed by atoms with Gasteiger partial charge in [-0.15, -0.1) is 0 Å². The summed E-state index contributed by atoms with van der Waals surface area (Å²) in [7, 11) is 0. The van der Waals surface area contributed by atoms with E-state index in [4.69, 9.17) is 4.74 Å². The Hall–Kier alpha value is -2.27. The number of hydrogen-bond donors (Lipinski definition) is 1. The fourth-order valence-corrected chi connectivity index (χ4v) is 3.19. The largest absolute Gasteiger partial charge is 0.374 e. The highest BCUT2D eigenvalue weighted by molar-refractivity contribution is 6.02. The number of aryl methyl sites for hydroxylation is 1. The first-order valence-electron chi connectivity index (χ1n) is 8.90. The second kappa shape index (κ2) is 8.21. The molecule has 1 aliphatic rings. The number of nitrogens with zero attached hydrogens (tertiary/aromatic N) is 2. The number of benzene rings is 1. The average Bonchev–Trinajstić information content (AvgIpc) is 2.61. The zero-order valence-corrected chi connectivity index (χ0v) is 14.9. The molecule has 0 unspecified atom stereocenters. The van der Waals surface area contributed by atoms with Crippen molar-refractivity contribution in [3.8, 4) is 0 Å². The summed E-state index contributed by atoms with van der Waals surface area (Å²) in [6.45, 7) is 4.70. The highest BCUT2D eigenvalue weighted by Gasteiger charge is 2.19. The average molecular weight is 339 g/mol. The first-order chi connectivity index (χ1) is 12.1. The number of anilines is 1. The Morgan fingerprint density at radius 1 is 1.28 bits per heavy atom.